The van der Waals surface area contributed by atoms with Gasteiger partial charge in [-0.25, -0.2) is 0 Å². The molecular weight excluding hydrogens is 418 g/mol. The van der Waals surface area contributed by atoms with Crippen LogP contribution in [0.5, 0.6) is 0 Å². The van der Waals surface area contributed by atoms with E-state index in [9.17, 15) is 4.79 Å². The predicted molar refractivity (Wildman–Crippen MR) is 134 cm³/mol. The molecule has 0 aliphatic heterocycles. The summed E-state index contributed by atoms with van der Waals surface area (Å²) < 4.78 is 5.95. The molecule has 0 unspecified atom stereocenters. The molecule has 164 valence electrons. The molecule has 4 heteroatoms. The molecule has 2 aromatic carbocycles. The maximum atomic E-state index is 13.5. The van der Waals surface area contributed by atoms with Crippen molar-refractivity contribution >= 4 is 23.2 Å². The van der Waals surface area contributed by atoms with Gasteiger partial charge < -0.3 is 9.32 Å². The van der Waals surface area contributed by atoms with Crippen molar-refractivity contribution in [1.82, 2.24) is 0 Å². The fourth-order valence-electron chi connectivity index (χ4n) is 3.28. The molecule has 0 aliphatic carbocycles. The number of carbonyl (C=O) groups is 1. The van der Waals surface area contributed by atoms with Gasteiger partial charge in [-0.1, -0.05) is 66.6 Å². The average Bonchev–Trinajstić information content (AvgIpc) is 3.28. The predicted octanol–water partition coefficient (Wildman–Crippen LogP) is 8.02. The van der Waals surface area contributed by atoms with Gasteiger partial charge in [0.2, 0.25) is 0 Å². The summed E-state index contributed by atoms with van der Waals surface area (Å²) in [5, 5.41) is 0.656. The fourth-order valence-corrected chi connectivity index (χ4v) is 3.41. The zero-order valence-electron chi connectivity index (χ0n) is 18.7. The minimum Gasteiger partial charge on any atom is -0.451 e. The topological polar surface area (TPSA) is 33.5 Å². The van der Waals surface area contributed by atoms with Crippen LogP contribution in [-0.2, 0) is 0 Å². The Morgan fingerprint density at radius 1 is 1.00 bits per heavy atom. The van der Waals surface area contributed by atoms with Crippen LogP contribution in [0.2, 0.25) is 5.02 Å². The minimum atomic E-state index is -0.185. The van der Waals surface area contributed by atoms with E-state index < -0.39 is 0 Å². The Balaban J connectivity index is 1.94. The Kier molecular flexibility index (Phi) is 8.29. The van der Waals surface area contributed by atoms with Crippen LogP contribution in [0.15, 0.2) is 101 Å². The number of hydrogen-bond acceptors (Lipinski definition) is 2. The Morgan fingerprint density at radius 3 is 2.38 bits per heavy atom. The van der Waals surface area contributed by atoms with E-state index in [1.165, 1.54) is 0 Å². The SMILES string of the molecule is C\C=C/C=C\C(=C\CC)CN(C(=O)c1ccc(-c2ccc(Cl)cc2)o1)c1ccc(C)cc1. The van der Waals surface area contributed by atoms with Crippen LogP contribution >= 0.6 is 11.6 Å². The summed E-state index contributed by atoms with van der Waals surface area (Å²) in [5.74, 6) is 0.741. The number of aryl methyl sites for hydroxylation is 1. The number of hydrogen-bond donors (Lipinski definition) is 0. The van der Waals surface area contributed by atoms with Crippen LogP contribution in [-0.4, -0.2) is 12.5 Å². The van der Waals surface area contributed by atoms with Gasteiger partial charge in [-0.3, -0.25) is 4.79 Å². The summed E-state index contributed by atoms with van der Waals surface area (Å²) in [4.78, 5) is 15.3. The lowest BCUT2D eigenvalue weighted by molar-refractivity contribution is 0.0963. The lowest BCUT2D eigenvalue weighted by atomic mass is 10.1. The quantitative estimate of drug-likeness (QED) is 0.329. The molecule has 0 fully saturated rings. The van der Waals surface area contributed by atoms with Gasteiger partial charge in [0.1, 0.15) is 5.76 Å². The molecule has 1 amide bonds. The normalized spacial score (nSPS) is 12.1. The lowest BCUT2D eigenvalue weighted by Crippen LogP contribution is -2.32. The highest BCUT2D eigenvalue weighted by atomic mass is 35.5. The average molecular weight is 446 g/mol. The third-order valence-corrected chi connectivity index (χ3v) is 5.21. The minimum absolute atomic E-state index is 0.185. The van der Waals surface area contributed by atoms with Gasteiger partial charge in [-0.2, -0.15) is 0 Å². The smallest absolute Gasteiger partial charge is 0.294 e. The summed E-state index contributed by atoms with van der Waals surface area (Å²) >= 11 is 5.99. The van der Waals surface area contributed by atoms with Crippen molar-refractivity contribution in [3.8, 4) is 11.3 Å². The highest BCUT2D eigenvalue weighted by Gasteiger charge is 2.22. The number of allylic oxidation sites excluding steroid dienone is 4. The van der Waals surface area contributed by atoms with E-state index in [1.807, 2.05) is 80.6 Å². The number of nitrogens with zero attached hydrogens (tertiary/aromatic N) is 1. The number of amides is 1. The van der Waals surface area contributed by atoms with Crippen LogP contribution in [0.25, 0.3) is 11.3 Å². The van der Waals surface area contributed by atoms with Crippen molar-refractivity contribution in [3.63, 3.8) is 0 Å². The van der Waals surface area contributed by atoms with E-state index in [4.69, 9.17) is 16.0 Å². The maximum absolute atomic E-state index is 13.5. The number of rotatable bonds is 8. The van der Waals surface area contributed by atoms with Gasteiger partial charge in [0.05, 0.1) is 6.54 Å². The maximum Gasteiger partial charge on any atom is 0.294 e. The van der Waals surface area contributed by atoms with Crippen molar-refractivity contribution in [3.05, 3.63) is 113 Å². The number of halogens is 1. The van der Waals surface area contributed by atoms with E-state index >= 15 is 0 Å². The number of furan rings is 1. The molecule has 0 radical (unpaired) electrons. The Hall–Kier alpha value is -3.30. The Morgan fingerprint density at radius 2 is 1.72 bits per heavy atom. The lowest BCUT2D eigenvalue weighted by Gasteiger charge is -2.23. The van der Waals surface area contributed by atoms with Crippen LogP contribution < -0.4 is 4.90 Å². The van der Waals surface area contributed by atoms with Crippen molar-refractivity contribution < 1.29 is 9.21 Å². The largest absolute Gasteiger partial charge is 0.451 e. The molecule has 32 heavy (non-hydrogen) atoms. The highest BCUT2D eigenvalue weighted by molar-refractivity contribution is 6.30. The molecule has 0 aliphatic rings. The summed E-state index contributed by atoms with van der Waals surface area (Å²) in [7, 11) is 0. The third-order valence-electron chi connectivity index (χ3n) is 4.96. The van der Waals surface area contributed by atoms with Gasteiger partial charge in [-0.05, 0) is 74.4 Å². The first-order valence-electron chi connectivity index (χ1n) is 10.7. The van der Waals surface area contributed by atoms with Crippen molar-refractivity contribution in [2.75, 3.05) is 11.4 Å². The molecule has 0 saturated heterocycles. The second-order valence-corrected chi connectivity index (χ2v) is 7.91. The van der Waals surface area contributed by atoms with Crippen LogP contribution in [0.4, 0.5) is 5.69 Å². The van der Waals surface area contributed by atoms with Crippen LogP contribution in [0.3, 0.4) is 0 Å². The Bertz CT molecular complexity index is 1120. The van der Waals surface area contributed by atoms with E-state index in [1.54, 1.807) is 23.1 Å². The summed E-state index contributed by atoms with van der Waals surface area (Å²) in [6.07, 6.45) is 11.0. The molecule has 3 rings (SSSR count). The van der Waals surface area contributed by atoms with Crippen molar-refractivity contribution in [2.45, 2.75) is 27.2 Å². The van der Waals surface area contributed by atoms with Crippen molar-refractivity contribution in [2.24, 2.45) is 0 Å². The van der Waals surface area contributed by atoms with E-state index in [0.717, 1.165) is 28.8 Å². The van der Waals surface area contributed by atoms with E-state index in [2.05, 4.69) is 13.0 Å². The van der Waals surface area contributed by atoms with Gasteiger partial charge in [0.15, 0.2) is 5.76 Å². The van der Waals surface area contributed by atoms with Gasteiger partial charge in [0, 0.05) is 16.3 Å². The number of carbonyl (C=O) groups excluding carboxylic acids is 1. The van der Waals surface area contributed by atoms with E-state index in [0.29, 0.717) is 23.1 Å². The molecule has 0 N–H and O–H groups in total. The monoisotopic (exact) mass is 445 g/mol. The summed E-state index contributed by atoms with van der Waals surface area (Å²) in [6, 6.07) is 18.9. The summed E-state index contributed by atoms with van der Waals surface area (Å²) in [6.45, 7) is 6.54. The first-order chi connectivity index (χ1) is 15.5. The zero-order valence-corrected chi connectivity index (χ0v) is 19.5. The third kappa shape index (κ3) is 6.12. The Labute approximate surface area is 195 Å². The number of benzene rings is 2. The second-order valence-electron chi connectivity index (χ2n) is 7.47. The molecule has 3 aromatic rings. The molecular formula is C28H28ClNO2. The molecule has 1 aromatic heterocycles. The van der Waals surface area contributed by atoms with Crippen LogP contribution in [0, 0.1) is 6.92 Å². The highest BCUT2D eigenvalue weighted by Crippen LogP contribution is 2.26. The molecule has 0 saturated carbocycles. The standard InChI is InChI=1S/C28H28ClNO2/c1-4-6-7-9-22(8-5-2)20-30(25-16-10-21(3)11-17-25)28(31)27-19-18-26(32-27)23-12-14-24(29)15-13-23/h4,6-19H,5,20H2,1-3H3/b6-4-,9-7-,22-8-. The molecule has 3 nitrogen and oxygen atoms in total. The second kappa shape index (κ2) is 11.4. The van der Waals surface area contributed by atoms with Crippen molar-refractivity contribution in [1.29, 1.82) is 0 Å². The first kappa shape index (κ1) is 23.4. The van der Waals surface area contributed by atoms with Gasteiger partial charge in [0.25, 0.3) is 5.91 Å². The number of anilines is 1. The van der Waals surface area contributed by atoms with Gasteiger partial charge in [-0.15, -0.1) is 0 Å². The van der Waals surface area contributed by atoms with Crippen LogP contribution in [0.1, 0.15) is 36.4 Å². The molecule has 1 heterocycles. The zero-order chi connectivity index (χ0) is 22.9. The molecule has 0 atom stereocenters. The molecule has 0 spiro atoms. The fraction of sp³-hybridized carbons (Fsp3) is 0.179. The van der Waals surface area contributed by atoms with E-state index in [-0.39, 0.29) is 5.91 Å². The van der Waals surface area contributed by atoms with Gasteiger partial charge >= 0.3 is 0 Å². The summed E-state index contributed by atoms with van der Waals surface area (Å²) in [5.41, 5.74) is 3.90. The first-order valence-corrected chi connectivity index (χ1v) is 11.1. The molecule has 0 bridgehead atoms.